The average molecular weight is 457 g/mol. The van der Waals surface area contributed by atoms with Crippen molar-refractivity contribution in [1.29, 1.82) is 0 Å². The molecule has 0 saturated carbocycles. The Morgan fingerprint density at radius 3 is 1.73 bits per heavy atom. The topological polar surface area (TPSA) is 58.6 Å². The lowest BCUT2D eigenvalue weighted by molar-refractivity contribution is 0.0601. The molecule has 0 N–H and O–H groups in total. The summed E-state index contributed by atoms with van der Waals surface area (Å²) in [5.41, 5.74) is 5.02. The van der Waals surface area contributed by atoms with Gasteiger partial charge >= 0.3 is 5.97 Å². The fourth-order valence-electron chi connectivity index (χ4n) is 4.00. The third-order valence-corrected chi connectivity index (χ3v) is 6.88. The van der Waals surface area contributed by atoms with E-state index in [2.05, 4.69) is 74.6 Å². The van der Waals surface area contributed by atoms with Gasteiger partial charge in [-0.05, 0) is 48.5 Å². The number of aromatic nitrogens is 2. The Kier molecular flexibility index (Phi) is 6.04. The Balaban J connectivity index is 1.24. The van der Waals surface area contributed by atoms with Gasteiger partial charge in [-0.1, -0.05) is 41.7 Å². The first-order chi connectivity index (χ1) is 16.2. The quantitative estimate of drug-likeness (QED) is 0.395. The summed E-state index contributed by atoms with van der Waals surface area (Å²) in [6.07, 6.45) is 0. The van der Waals surface area contributed by atoms with Crippen LogP contribution >= 0.6 is 11.3 Å². The van der Waals surface area contributed by atoms with Crippen LogP contribution in [-0.4, -0.2) is 49.5 Å². The van der Waals surface area contributed by atoms with E-state index >= 15 is 0 Å². The van der Waals surface area contributed by atoms with Gasteiger partial charge < -0.3 is 14.5 Å². The molecular formula is C26H24N4O2S. The van der Waals surface area contributed by atoms with Gasteiger partial charge in [-0.2, -0.15) is 0 Å². The highest BCUT2D eigenvalue weighted by molar-refractivity contribution is 7.17. The van der Waals surface area contributed by atoms with E-state index in [9.17, 15) is 4.79 Å². The fourth-order valence-corrected chi connectivity index (χ4v) is 4.85. The number of carbonyl (C=O) groups is 1. The van der Waals surface area contributed by atoms with Crippen molar-refractivity contribution in [3.05, 3.63) is 84.4 Å². The lowest BCUT2D eigenvalue weighted by atomic mass is 10.1. The van der Waals surface area contributed by atoms with Crippen LogP contribution in [0.3, 0.4) is 0 Å². The number of methoxy groups -OCH3 is 1. The zero-order valence-electron chi connectivity index (χ0n) is 18.3. The molecule has 3 aromatic carbocycles. The van der Waals surface area contributed by atoms with E-state index < -0.39 is 0 Å². The van der Waals surface area contributed by atoms with Gasteiger partial charge in [0.05, 0.1) is 12.7 Å². The highest BCUT2D eigenvalue weighted by Crippen LogP contribution is 2.31. The van der Waals surface area contributed by atoms with Crippen molar-refractivity contribution >= 4 is 28.7 Å². The zero-order chi connectivity index (χ0) is 22.6. The molecule has 5 rings (SSSR count). The van der Waals surface area contributed by atoms with Gasteiger partial charge in [-0.25, -0.2) is 4.79 Å². The highest BCUT2D eigenvalue weighted by atomic mass is 32.1. The van der Waals surface area contributed by atoms with Gasteiger partial charge in [0, 0.05) is 48.7 Å². The molecule has 166 valence electrons. The normalized spacial score (nSPS) is 13.7. The highest BCUT2D eigenvalue weighted by Gasteiger charge is 2.18. The standard InChI is InChI=1S/C26H24N4O2S/c1-32-26(31)21-9-7-19(8-10-21)24-27-28-25(33-24)20-11-13-23(14-12-20)30-17-15-29(16-18-30)22-5-3-2-4-6-22/h2-14H,15-18H2,1H3. The molecule has 1 aliphatic heterocycles. The molecule has 0 radical (unpaired) electrons. The fraction of sp³-hybridized carbons (Fsp3) is 0.192. The Hall–Kier alpha value is -3.71. The molecule has 4 aromatic rings. The molecule has 1 aromatic heterocycles. The van der Waals surface area contributed by atoms with E-state index in [1.54, 1.807) is 12.1 Å². The smallest absolute Gasteiger partial charge is 0.337 e. The number of piperazine rings is 1. The van der Waals surface area contributed by atoms with E-state index in [0.29, 0.717) is 5.56 Å². The monoisotopic (exact) mass is 456 g/mol. The van der Waals surface area contributed by atoms with Crippen LogP contribution in [0, 0.1) is 0 Å². The van der Waals surface area contributed by atoms with Gasteiger partial charge in [-0.15, -0.1) is 10.2 Å². The van der Waals surface area contributed by atoms with E-state index in [1.165, 1.54) is 29.8 Å². The van der Waals surface area contributed by atoms with Crippen LogP contribution in [0.2, 0.25) is 0 Å². The second-order valence-electron chi connectivity index (χ2n) is 7.84. The number of anilines is 2. The number of ether oxygens (including phenoxy) is 1. The number of hydrogen-bond donors (Lipinski definition) is 0. The van der Waals surface area contributed by atoms with Gasteiger partial charge in [0.1, 0.15) is 10.0 Å². The average Bonchev–Trinajstić information content (AvgIpc) is 3.39. The van der Waals surface area contributed by atoms with Crippen LogP contribution in [-0.2, 0) is 4.74 Å². The maximum atomic E-state index is 11.6. The largest absolute Gasteiger partial charge is 0.465 e. The number of benzene rings is 3. The first-order valence-corrected chi connectivity index (χ1v) is 11.7. The summed E-state index contributed by atoms with van der Waals surface area (Å²) in [6, 6.07) is 26.4. The lowest BCUT2D eigenvalue weighted by Crippen LogP contribution is -2.46. The minimum absolute atomic E-state index is 0.346. The second-order valence-corrected chi connectivity index (χ2v) is 8.82. The number of hydrogen-bond acceptors (Lipinski definition) is 7. The van der Waals surface area contributed by atoms with Gasteiger partial charge in [0.2, 0.25) is 0 Å². The number of carbonyl (C=O) groups excluding carboxylic acids is 1. The Bertz CT molecular complexity index is 1220. The molecule has 0 amide bonds. The van der Waals surface area contributed by atoms with Crippen molar-refractivity contribution in [2.75, 3.05) is 43.1 Å². The van der Waals surface area contributed by atoms with Crippen molar-refractivity contribution < 1.29 is 9.53 Å². The predicted octanol–water partition coefficient (Wildman–Crippen LogP) is 4.99. The van der Waals surface area contributed by atoms with Crippen LogP contribution < -0.4 is 9.80 Å². The summed E-state index contributed by atoms with van der Waals surface area (Å²) < 4.78 is 4.75. The SMILES string of the molecule is COC(=O)c1ccc(-c2nnc(-c3ccc(N4CCN(c5ccccc5)CC4)cc3)s2)cc1. The summed E-state index contributed by atoms with van der Waals surface area (Å²) in [4.78, 5) is 16.5. The van der Waals surface area contributed by atoms with E-state index in [4.69, 9.17) is 4.74 Å². The summed E-state index contributed by atoms with van der Waals surface area (Å²) in [5, 5.41) is 10.4. The Labute approximate surface area is 197 Å². The third kappa shape index (κ3) is 4.59. The molecule has 0 atom stereocenters. The summed E-state index contributed by atoms with van der Waals surface area (Å²) in [6.45, 7) is 4.03. The van der Waals surface area contributed by atoms with Crippen LogP contribution in [0.5, 0.6) is 0 Å². The maximum absolute atomic E-state index is 11.6. The minimum Gasteiger partial charge on any atom is -0.465 e. The first kappa shape index (κ1) is 21.2. The zero-order valence-corrected chi connectivity index (χ0v) is 19.2. The van der Waals surface area contributed by atoms with Crippen LogP contribution in [0.1, 0.15) is 10.4 Å². The number of para-hydroxylation sites is 1. The summed E-state index contributed by atoms with van der Waals surface area (Å²) in [7, 11) is 1.38. The molecule has 33 heavy (non-hydrogen) atoms. The molecule has 1 fully saturated rings. The summed E-state index contributed by atoms with van der Waals surface area (Å²) in [5.74, 6) is -0.346. The molecule has 2 heterocycles. The first-order valence-electron chi connectivity index (χ1n) is 10.9. The molecule has 0 bridgehead atoms. The molecule has 0 unspecified atom stereocenters. The van der Waals surface area contributed by atoms with E-state index in [1.807, 2.05) is 12.1 Å². The van der Waals surface area contributed by atoms with Crippen molar-refractivity contribution in [3.8, 4) is 21.1 Å². The molecule has 1 saturated heterocycles. The molecule has 6 nitrogen and oxygen atoms in total. The third-order valence-electron chi connectivity index (χ3n) is 5.86. The van der Waals surface area contributed by atoms with Crippen LogP contribution in [0.4, 0.5) is 11.4 Å². The molecule has 7 heteroatoms. The Morgan fingerprint density at radius 1 is 0.727 bits per heavy atom. The summed E-state index contributed by atoms with van der Waals surface area (Å²) >= 11 is 1.54. The van der Waals surface area contributed by atoms with Crippen LogP contribution in [0.15, 0.2) is 78.9 Å². The molecule has 0 aliphatic carbocycles. The van der Waals surface area contributed by atoms with Crippen molar-refractivity contribution in [1.82, 2.24) is 10.2 Å². The molecular weight excluding hydrogens is 432 g/mol. The van der Waals surface area contributed by atoms with E-state index in [-0.39, 0.29) is 5.97 Å². The second kappa shape index (κ2) is 9.42. The van der Waals surface area contributed by atoms with Crippen molar-refractivity contribution in [2.45, 2.75) is 0 Å². The van der Waals surface area contributed by atoms with Gasteiger partial charge in [0.25, 0.3) is 0 Å². The minimum atomic E-state index is -0.346. The van der Waals surface area contributed by atoms with Gasteiger partial charge in [0.15, 0.2) is 0 Å². The van der Waals surface area contributed by atoms with E-state index in [0.717, 1.165) is 47.3 Å². The molecule has 1 aliphatic rings. The van der Waals surface area contributed by atoms with Crippen molar-refractivity contribution in [2.24, 2.45) is 0 Å². The lowest BCUT2D eigenvalue weighted by Gasteiger charge is -2.37. The molecule has 0 spiro atoms. The van der Waals surface area contributed by atoms with Gasteiger partial charge in [-0.3, -0.25) is 0 Å². The predicted molar refractivity (Wildman–Crippen MR) is 133 cm³/mol. The maximum Gasteiger partial charge on any atom is 0.337 e. The number of esters is 1. The van der Waals surface area contributed by atoms with Crippen LogP contribution in [0.25, 0.3) is 21.1 Å². The van der Waals surface area contributed by atoms with Crippen molar-refractivity contribution in [3.63, 3.8) is 0 Å². The Morgan fingerprint density at radius 2 is 1.21 bits per heavy atom. The number of nitrogens with zero attached hydrogens (tertiary/aromatic N) is 4. The number of rotatable bonds is 5.